The van der Waals surface area contributed by atoms with Crippen LogP contribution in [0.5, 0.6) is 0 Å². The van der Waals surface area contributed by atoms with Crippen LogP contribution >= 0.6 is 15.9 Å². The smallest absolute Gasteiger partial charge is 0.382 e. The Morgan fingerprint density at radius 3 is 2.47 bits per heavy atom. The van der Waals surface area contributed by atoms with E-state index in [1.165, 1.54) is 18.5 Å². The average Bonchev–Trinajstić information content (AvgIpc) is 2.33. The summed E-state index contributed by atoms with van der Waals surface area (Å²) >= 11 is 3.17. The van der Waals surface area contributed by atoms with Crippen LogP contribution < -0.4 is 11.1 Å². The average molecular weight is 333 g/mol. The third-order valence-electron chi connectivity index (χ3n) is 2.23. The molecule has 0 bridgehead atoms. The van der Waals surface area contributed by atoms with Gasteiger partial charge >= 0.3 is 6.18 Å². The van der Waals surface area contributed by atoms with Crippen LogP contribution in [-0.2, 0) is 6.18 Å². The topological polar surface area (TPSA) is 63.8 Å². The lowest BCUT2D eigenvalue weighted by Crippen LogP contribution is -2.06. The van der Waals surface area contributed by atoms with Crippen LogP contribution in [0.3, 0.4) is 0 Å². The first kappa shape index (κ1) is 13.6. The van der Waals surface area contributed by atoms with E-state index >= 15 is 0 Å². The molecule has 100 valence electrons. The number of rotatable bonds is 2. The molecule has 4 nitrogen and oxygen atoms in total. The van der Waals surface area contributed by atoms with E-state index in [4.69, 9.17) is 5.73 Å². The molecule has 0 radical (unpaired) electrons. The van der Waals surface area contributed by atoms with Gasteiger partial charge in [0.25, 0.3) is 0 Å². The molecule has 1 heterocycles. The highest BCUT2D eigenvalue weighted by atomic mass is 79.9. The number of hydrogen-bond donors (Lipinski definition) is 2. The van der Waals surface area contributed by atoms with Gasteiger partial charge in [-0.15, -0.1) is 0 Å². The molecule has 1 aromatic carbocycles. The second-order valence-electron chi connectivity index (χ2n) is 3.64. The van der Waals surface area contributed by atoms with Gasteiger partial charge in [0.05, 0.1) is 23.6 Å². The van der Waals surface area contributed by atoms with E-state index in [0.29, 0.717) is 10.3 Å². The molecular weight excluding hydrogens is 325 g/mol. The SMILES string of the molecule is Nc1cnc(Nc2cc(C(F)(F)F)ccc2Br)cn1. The first-order valence-corrected chi connectivity index (χ1v) is 5.87. The molecular formula is C11H8BrF3N4. The Morgan fingerprint density at radius 1 is 1.16 bits per heavy atom. The Morgan fingerprint density at radius 2 is 1.89 bits per heavy atom. The zero-order valence-electron chi connectivity index (χ0n) is 9.37. The number of aromatic nitrogens is 2. The summed E-state index contributed by atoms with van der Waals surface area (Å²) in [7, 11) is 0. The van der Waals surface area contributed by atoms with Gasteiger partial charge < -0.3 is 11.1 Å². The van der Waals surface area contributed by atoms with Crippen LogP contribution in [0.15, 0.2) is 35.1 Å². The molecule has 19 heavy (non-hydrogen) atoms. The highest BCUT2D eigenvalue weighted by Crippen LogP contribution is 2.34. The molecule has 0 fully saturated rings. The Balaban J connectivity index is 2.31. The summed E-state index contributed by atoms with van der Waals surface area (Å²) in [4.78, 5) is 7.70. The standard InChI is InChI=1S/C11H8BrF3N4/c12-7-2-1-6(11(13,14)15)3-8(7)19-10-5-17-9(16)4-18-10/h1-5H,(H2,16,17)(H,18,19). The third kappa shape index (κ3) is 3.34. The number of benzene rings is 1. The summed E-state index contributed by atoms with van der Waals surface area (Å²) in [6, 6.07) is 3.29. The first-order valence-electron chi connectivity index (χ1n) is 5.07. The summed E-state index contributed by atoms with van der Waals surface area (Å²) < 4.78 is 38.3. The Hall–Kier alpha value is -1.83. The van der Waals surface area contributed by atoms with Crippen molar-refractivity contribution in [2.75, 3.05) is 11.1 Å². The van der Waals surface area contributed by atoms with Crippen molar-refractivity contribution in [3.05, 3.63) is 40.6 Å². The van der Waals surface area contributed by atoms with Gasteiger partial charge in [-0.3, -0.25) is 0 Å². The number of nitrogens with one attached hydrogen (secondary N) is 1. The minimum absolute atomic E-state index is 0.230. The number of hydrogen-bond acceptors (Lipinski definition) is 4. The van der Waals surface area contributed by atoms with E-state index in [9.17, 15) is 13.2 Å². The molecule has 0 aliphatic carbocycles. The van der Waals surface area contributed by atoms with Crippen molar-refractivity contribution in [2.24, 2.45) is 0 Å². The number of anilines is 3. The number of alkyl halides is 3. The third-order valence-corrected chi connectivity index (χ3v) is 2.92. The molecule has 0 amide bonds. The molecule has 0 aliphatic rings. The fourth-order valence-electron chi connectivity index (χ4n) is 1.34. The van der Waals surface area contributed by atoms with Gasteiger partial charge in [0.2, 0.25) is 0 Å². The van der Waals surface area contributed by atoms with Crippen molar-refractivity contribution >= 4 is 33.3 Å². The second-order valence-corrected chi connectivity index (χ2v) is 4.50. The second kappa shape index (κ2) is 5.04. The quantitative estimate of drug-likeness (QED) is 0.882. The normalized spacial score (nSPS) is 11.4. The fourth-order valence-corrected chi connectivity index (χ4v) is 1.68. The lowest BCUT2D eigenvalue weighted by molar-refractivity contribution is -0.137. The minimum Gasteiger partial charge on any atom is -0.382 e. The summed E-state index contributed by atoms with van der Waals surface area (Å²) in [5.41, 5.74) is 4.87. The molecule has 0 saturated heterocycles. The van der Waals surface area contributed by atoms with E-state index in [0.717, 1.165) is 12.1 Å². The highest BCUT2D eigenvalue weighted by molar-refractivity contribution is 9.10. The Kier molecular flexibility index (Phi) is 3.61. The summed E-state index contributed by atoms with van der Waals surface area (Å²) in [5.74, 6) is 0.530. The molecule has 0 atom stereocenters. The molecule has 0 unspecified atom stereocenters. The van der Waals surface area contributed by atoms with E-state index in [1.807, 2.05) is 0 Å². The van der Waals surface area contributed by atoms with Crippen LogP contribution in [0.25, 0.3) is 0 Å². The molecule has 2 aromatic rings. The van der Waals surface area contributed by atoms with Gasteiger partial charge in [0, 0.05) is 4.47 Å². The monoisotopic (exact) mass is 332 g/mol. The van der Waals surface area contributed by atoms with Gasteiger partial charge in [0.15, 0.2) is 0 Å². The maximum absolute atomic E-state index is 12.6. The predicted octanol–water partition coefficient (Wildman–Crippen LogP) is 3.58. The molecule has 0 spiro atoms. The largest absolute Gasteiger partial charge is 0.416 e. The predicted molar refractivity (Wildman–Crippen MR) is 68.9 cm³/mol. The van der Waals surface area contributed by atoms with Crippen molar-refractivity contribution in [1.29, 1.82) is 0 Å². The number of nitrogen functional groups attached to an aromatic ring is 1. The Bertz CT molecular complexity index is 583. The molecule has 3 N–H and O–H groups in total. The fraction of sp³-hybridized carbons (Fsp3) is 0.0909. The number of nitrogens with two attached hydrogens (primary N) is 1. The summed E-state index contributed by atoms with van der Waals surface area (Å²) in [6.07, 6.45) is -1.75. The zero-order valence-corrected chi connectivity index (χ0v) is 11.0. The van der Waals surface area contributed by atoms with Crippen LogP contribution in [0.2, 0.25) is 0 Å². The van der Waals surface area contributed by atoms with Crippen LogP contribution in [0.1, 0.15) is 5.56 Å². The maximum Gasteiger partial charge on any atom is 0.416 e. The number of nitrogens with zero attached hydrogens (tertiary/aromatic N) is 2. The molecule has 0 aliphatic heterocycles. The van der Waals surface area contributed by atoms with Crippen molar-refractivity contribution in [1.82, 2.24) is 9.97 Å². The zero-order chi connectivity index (χ0) is 14.0. The van der Waals surface area contributed by atoms with E-state index in [1.54, 1.807) is 0 Å². The lowest BCUT2D eigenvalue weighted by Gasteiger charge is -2.11. The van der Waals surface area contributed by atoms with Gasteiger partial charge in [0.1, 0.15) is 11.6 Å². The van der Waals surface area contributed by atoms with Crippen LogP contribution in [0, 0.1) is 0 Å². The van der Waals surface area contributed by atoms with E-state index in [-0.39, 0.29) is 11.5 Å². The molecule has 1 aromatic heterocycles. The Labute approximate surface area is 115 Å². The van der Waals surface area contributed by atoms with Crippen molar-refractivity contribution in [3.63, 3.8) is 0 Å². The van der Waals surface area contributed by atoms with E-state index in [2.05, 4.69) is 31.2 Å². The first-order chi connectivity index (χ1) is 8.86. The number of halogens is 4. The van der Waals surface area contributed by atoms with Gasteiger partial charge in [-0.1, -0.05) is 0 Å². The van der Waals surface area contributed by atoms with Crippen LogP contribution in [0.4, 0.5) is 30.5 Å². The maximum atomic E-state index is 12.6. The molecule has 0 saturated carbocycles. The van der Waals surface area contributed by atoms with Crippen molar-refractivity contribution < 1.29 is 13.2 Å². The highest BCUT2D eigenvalue weighted by Gasteiger charge is 2.30. The molecule has 8 heteroatoms. The van der Waals surface area contributed by atoms with Gasteiger partial charge in [-0.05, 0) is 34.1 Å². The van der Waals surface area contributed by atoms with Gasteiger partial charge in [-0.2, -0.15) is 13.2 Å². The minimum atomic E-state index is -4.40. The molecule has 2 rings (SSSR count). The lowest BCUT2D eigenvalue weighted by atomic mass is 10.2. The van der Waals surface area contributed by atoms with E-state index < -0.39 is 11.7 Å². The van der Waals surface area contributed by atoms with Crippen molar-refractivity contribution in [2.45, 2.75) is 6.18 Å². The van der Waals surface area contributed by atoms with Gasteiger partial charge in [-0.25, -0.2) is 9.97 Å². The van der Waals surface area contributed by atoms with Crippen molar-refractivity contribution in [3.8, 4) is 0 Å². The van der Waals surface area contributed by atoms with Crippen LogP contribution in [-0.4, -0.2) is 9.97 Å². The summed E-state index contributed by atoms with van der Waals surface area (Å²) in [6.45, 7) is 0. The summed E-state index contributed by atoms with van der Waals surface area (Å²) in [5, 5.41) is 2.74.